The summed E-state index contributed by atoms with van der Waals surface area (Å²) in [5.41, 5.74) is 5.45. The van der Waals surface area contributed by atoms with E-state index < -0.39 is 0 Å². The van der Waals surface area contributed by atoms with Gasteiger partial charge in [-0.25, -0.2) is 4.98 Å². The summed E-state index contributed by atoms with van der Waals surface area (Å²) in [6.07, 6.45) is 0. The number of nitrogens with zero attached hydrogens (tertiary/aromatic N) is 2. The Bertz CT molecular complexity index is 1130. The Hall–Kier alpha value is -3.27. The third-order valence-corrected chi connectivity index (χ3v) is 4.91. The van der Waals surface area contributed by atoms with Gasteiger partial charge in [-0.2, -0.15) is 0 Å². The molecule has 0 aliphatic heterocycles. The van der Waals surface area contributed by atoms with Crippen LogP contribution >= 0.6 is 0 Å². The number of imidazole rings is 1. The van der Waals surface area contributed by atoms with Crippen LogP contribution in [0.15, 0.2) is 60.7 Å². The molecule has 4 nitrogen and oxygen atoms in total. The predicted molar refractivity (Wildman–Crippen MR) is 112 cm³/mol. The zero-order valence-electron chi connectivity index (χ0n) is 16.7. The molecule has 28 heavy (non-hydrogen) atoms. The number of hydrogen-bond donors (Lipinski definition) is 0. The highest BCUT2D eigenvalue weighted by atomic mass is 16.5. The lowest BCUT2D eigenvalue weighted by atomic mass is 10.1. The second-order valence-corrected chi connectivity index (χ2v) is 7.21. The zero-order valence-corrected chi connectivity index (χ0v) is 16.7. The molecule has 4 aromatic rings. The predicted octanol–water partition coefficient (Wildman–Crippen LogP) is 5.87. The Morgan fingerprint density at radius 3 is 2.32 bits per heavy atom. The maximum absolute atomic E-state index is 6.13. The van der Waals surface area contributed by atoms with Crippen molar-refractivity contribution in [1.29, 1.82) is 0 Å². The number of aromatic nitrogens is 2. The van der Waals surface area contributed by atoms with Crippen LogP contribution in [0.4, 0.5) is 0 Å². The monoisotopic (exact) mass is 372 g/mol. The first-order chi connectivity index (χ1) is 13.5. The second-order valence-electron chi connectivity index (χ2n) is 7.21. The molecule has 142 valence electrons. The van der Waals surface area contributed by atoms with Gasteiger partial charge in [0.2, 0.25) is 0 Å². The molecular weight excluding hydrogens is 348 g/mol. The minimum absolute atomic E-state index is 0.418. The van der Waals surface area contributed by atoms with Crippen LogP contribution in [0.3, 0.4) is 0 Å². The summed E-state index contributed by atoms with van der Waals surface area (Å²) in [7, 11) is 2.00. The molecule has 0 spiro atoms. The molecule has 4 rings (SSSR count). The van der Waals surface area contributed by atoms with E-state index in [2.05, 4.69) is 43.5 Å². The van der Waals surface area contributed by atoms with E-state index in [9.17, 15) is 0 Å². The minimum atomic E-state index is 0.418. The topological polar surface area (TPSA) is 36.3 Å². The number of aryl methyl sites for hydroxylation is 4. The lowest BCUT2D eigenvalue weighted by Crippen LogP contribution is -2.03. The standard InChI is InChI=1S/C24H24N2O2/c1-16-6-9-19(10-7-16)27-15-24-25-21-12-11-20(14-22(21)26(24)4)28-23-13-17(2)5-8-18(23)3/h5-14H,15H2,1-4H3. The van der Waals surface area contributed by atoms with E-state index in [4.69, 9.17) is 14.5 Å². The molecule has 3 aromatic carbocycles. The fourth-order valence-corrected chi connectivity index (χ4v) is 3.14. The molecule has 0 radical (unpaired) electrons. The van der Waals surface area contributed by atoms with Gasteiger partial charge in [-0.15, -0.1) is 0 Å². The minimum Gasteiger partial charge on any atom is -0.486 e. The van der Waals surface area contributed by atoms with Crippen molar-refractivity contribution in [3.8, 4) is 17.2 Å². The van der Waals surface area contributed by atoms with Crippen molar-refractivity contribution in [2.45, 2.75) is 27.4 Å². The molecule has 1 heterocycles. The molecule has 0 N–H and O–H groups in total. The summed E-state index contributed by atoms with van der Waals surface area (Å²) in [5, 5.41) is 0. The maximum atomic E-state index is 6.13. The zero-order chi connectivity index (χ0) is 19.7. The quantitative estimate of drug-likeness (QED) is 0.439. The van der Waals surface area contributed by atoms with Crippen LogP contribution in [0.1, 0.15) is 22.5 Å². The van der Waals surface area contributed by atoms with Crippen molar-refractivity contribution in [1.82, 2.24) is 9.55 Å². The van der Waals surface area contributed by atoms with E-state index in [-0.39, 0.29) is 0 Å². The fraction of sp³-hybridized carbons (Fsp3) is 0.208. The van der Waals surface area contributed by atoms with Crippen molar-refractivity contribution >= 4 is 11.0 Å². The van der Waals surface area contributed by atoms with Gasteiger partial charge >= 0.3 is 0 Å². The van der Waals surface area contributed by atoms with Crippen LogP contribution in [0, 0.1) is 20.8 Å². The molecule has 0 bridgehead atoms. The van der Waals surface area contributed by atoms with E-state index in [0.717, 1.165) is 39.7 Å². The van der Waals surface area contributed by atoms with Crippen LogP contribution in [0.2, 0.25) is 0 Å². The Kier molecular flexibility index (Phi) is 4.78. The molecule has 0 atom stereocenters. The molecule has 0 aliphatic rings. The maximum Gasteiger partial charge on any atom is 0.147 e. The molecule has 0 unspecified atom stereocenters. The first kappa shape index (κ1) is 18.1. The SMILES string of the molecule is Cc1ccc(OCc2nc3ccc(Oc4cc(C)ccc4C)cc3n2C)cc1. The lowest BCUT2D eigenvalue weighted by molar-refractivity contribution is 0.292. The van der Waals surface area contributed by atoms with Gasteiger partial charge < -0.3 is 14.0 Å². The number of fused-ring (bicyclic) bond motifs is 1. The molecular formula is C24H24N2O2. The Balaban J connectivity index is 1.57. The summed E-state index contributed by atoms with van der Waals surface area (Å²) in [4.78, 5) is 4.71. The summed E-state index contributed by atoms with van der Waals surface area (Å²) < 4.78 is 14.1. The molecule has 0 saturated heterocycles. The highest BCUT2D eigenvalue weighted by Crippen LogP contribution is 2.29. The van der Waals surface area contributed by atoms with Crippen molar-refractivity contribution < 1.29 is 9.47 Å². The average Bonchev–Trinajstić information content (AvgIpc) is 3.00. The van der Waals surface area contributed by atoms with Gasteiger partial charge in [0.25, 0.3) is 0 Å². The summed E-state index contributed by atoms with van der Waals surface area (Å²) >= 11 is 0. The average molecular weight is 372 g/mol. The molecule has 1 aromatic heterocycles. The fourth-order valence-electron chi connectivity index (χ4n) is 3.14. The third-order valence-electron chi connectivity index (χ3n) is 4.91. The highest BCUT2D eigenvalue weighted by molar-refractivity contribution is 5.77. The van der Waals surface area contributed by atoms with Crippen LogP contribution < -0.4 is 9.47 Å². The van der Waals surface area contributed by atoms with Gasteiger partial charge in [-0.05, 0) is 62.2 Å². The number of benzene rings is 3. The Morgan fingerprint density at radius 1 is 0.821 bits per heavy atom. The molecule has 0 saturated carbocycles. The van der Waals surface area contributed by atoms with E-state index in [1.54, 1.807) is 0 Å². The van der Waals surface area contributed by atoms with Gasteiger partial charge in [-0.3, -0.25) is 0 Å². The van der Waals surface area contributed by atoms with E-state index >= 15 is 0 Å². The van der Waals surface area contributed by atoms with Gasteiger partial charge in [0.05, 0.1) is 11.0 Å². The largest absolute Gasteiger partial charge is 0.486 e. The Labute approximate surface area is 165 Å². The van der Waals surface area contributed by atoms with E-state index in [0.29, 0.717) is 6.61 Å². The van der Waals surface area contributed by atoms with Crippen molar-refractivity contribution in [3.63, 3.8) is 0 Å². The van der Waals surface area contributed by atoms with Crippen molar-refractivity contribution in [3.05, 3.63) is 83.2 Å². The van der Waals surface area contributed by atoms with Crippen LogP contribution in [-0.4, -0.2) is 9.55 Å². The summed E-state index contributed by atoms with van der Waals surface area (Å²) in [6, 6.07) is 20.3. The third kappa shape index (κ3) is 3.72. The van der Waals surface area contributed by atoms with E-state index in [1.807, 2.05) is 49.5 Å². The van der Waals surface area contributed by atoms with E-state index in [1.165, 1.54) is 11.1 Å². The molecule has 0 aliphatic carbocycles. The highest BCUT2D eigenvalue weighted by Gasteiger charge is 2.11. The van der Waals surface area contributed by atoms with Crippen LogP contribution in [-0.2, 0) is 13.7 Å². The number of hydrogen-bond acceptors (Lipinski definition) is 3. The Morgan fingerprint density at radius 2 is 1.54 bits per heavy atom. The van der Waals surface area contributed by atoms with Crippen molar-refractivity contribution in [2.24, 2.45) is 7.05 Å². The number of rotatable bonds is 5. The first-order valence-electron chi connectivity index (χ1n) is 9.39. The molecule has 4 heteroatoms. The second kappa shape index (κ2) is 7.39. The molecule has 0 amide bonds. The number of ether oxygens (including phenoxy) is 2. The van der Waals surface area contributed by atoms with Crippen molar-refractivity contribution in [2.75, 3.05) is 0 Å². The van der Waals surface area contributed by atoms with Gasteiger partial charge in [-0.1, -0.05) is 29.8 Å². The van der Waals surface area contributed by atoms with Crippen LogP contribution in [0.5, 0.6) is 17.2 Å². The van der Waals surface area contributed by atoms with Crippen LogP contribution in [0.25, 0.3) is 11.0 Å². The van der Waals surface area contributed by atoms with Gasteiger partial charge in [0.1, 0.15) is 29.7 Å². The lowest BCUT2D eigenvalue weighted by Gasteiger charge is -2.10. The van der Waals surface area contributed by atoms with Gasteiger partial charge in [0, 0.05) is 13.1 Å². The smallest absolute Gasteiger partial charge is 0.147 e. The summed E-state index contributed by atoms with van der Waals surface area (Å²) in [6.45, 7) is 6.60. The normalized spacial score (nSPS) is 11.0. The van der Waals surface area contributed by atoms with Gasteiger partial charge in [0.15, 0.2) is 0 Å². The summed E-state index contributed by atoms with van der Waals surface area (Å²) in [5.74, 6) is 3.40. The molecule has 0 fully saturated rings. The first-order valence-corrected chi connectivity index (χ1v) is 9.39.